The molecule has 0 saturated carbocycles. The van der Waals surface area contributed by atoms with Gasteiger partial charge in [0, 0.05) is 16.7 Å². The largest absolute Gasteiger partial charge is 0.423 e. The van der Waals surface area contributed by atoms with Crippen LogP contribution in [-0.2, 0) is 5.54 Å². The number of hydrogen-bond donors (Lipinski definition) is 0. The number of azo groups is 1. The number of rotatable bonds is 4. The van der Waals surface area contributed by atoms with Gasteiger partial charge >= 0.3 is 12.4 Å². The molecule has 0 amide bonds. The Kier molecular flexibility index (Phi) is 4.93. The average molecular weight is 376 g/mol. The van der Waals surface area contributed by atoms with Gasteiger partial charge in [-0.3, -0.25) is 0 Å². The quantitative estimate of drug-likeness (QED) is 0.466. The van der Waals surface area contributed by atoms with Crippen molar-refractivity contribution >= 4 is 11.8 Å². The van der Waals surface area contributed by atoms with Crippen LogP contribution in [-0.4, -0.2) is 18.1 Å². The normalized spacial score (nSPS) is 21.0. The molecule has 2 rings (SSSR count). The third-order valence-corrected chi connectivity index (χ3v) is 4.25. The van der Waals surface area contributed by atoms with Crippen molar-refractivity contribution in [3.63, 3.8) is 0 Å². The molecule has 11 heteroatoms. The smallest absolute Gasteiger partial charge is 0.205 e. The first-order valence-corrected chi connectivity index (χ1v) is 7.23. The van der Waals surface area contributed by atoms with Gasteiger partial charge in [0.05, 0.1) is 5.75 Å². The van der Waals surface area contributed by atoms with Crippen LogP contribution in [0, 0.1) is 0 Å². The maximum Gasteiger partial charge on any atom is 0.423 e. The van der Waals surface area contributed by atoms with Crippen molar-refractivity contribution in [1.82, 2.24) is 0 Å². The van der Waals surface area contributed by atoms with Crippen LogP contribution in [0.25, 0.3) is 0 Å². The standard InChI is InChI=1S/C13H8F8N2S/c14-10(15)8-2-1-7(5-9(8)24-6-12(16,17)18)11(13(19,20)21)3-4-22-23-11/h1-5,10H,6H2. The van der Waals surface area contributed by atoms with E-state index < -0.39 is 46.1 Å². The summed E-state index contributed by atoms with van der Waals surface area (Å²) in [6.07, 6.45) is -11.3. The number of nitrogens with zero attached hydrogens (tertiary/aromatic N) is 2. The fourth-order valence-electron chi connectivity index (χ4n) is 2.00. The first-order chi connectivity index (χ1) is 11.0. The van der Waals surface area contributed by atoms with Crippen LogP contribution in [0.4, 0.5) is 35.1 Å². The summed E-state index contributed by atoms with van der Waals surface area (Å²) in [6, 6.07) is 2.09. The zero-order valence-corrected chi connectivity index (χ0v) is 12.3. The van der Waals surface area contributed by atoms with E-state index in [9.17, 15) is 35.1 Å². The van der Waals surface area contributed by atoms with E-state index in [1.165, 1.54) is 0 Å². The molecule has 132 valence electrons. The summed E-state index contributed by atoms with van der Waals surface area (Å²) >= 11 is -0.00411. The highest BCUT2D eigenvalue weighted by Gasteiger charge is 2.56. The van der Waals surface area contributed by atoms with Crippen LogP contribution in [0.1, 0.15) is 17.6 Å². The van der Waals surface area contributed by atoms with E-state index in [0.717, 1.165) is 12.3 Å². The Morgan fingerprint density at radius 3 is 2.21 bits per heavy atom. The first-order valence-electron chi connectivity index (χ1n) is 6.25. The van der Waals surface area contributed by atoms with Gasteiger partial charge in [-0.2, -0.15) is 36.6 Å². The van der Waals surface area contributed by atoms with E-state index in [2.05, 4.69) is 10.2 Å². The van der Waals surface area contributed by atoms with E-state index in [1.54, 1.807) is 0 Å². The van der Waals surface area contributed by atoms with Gasteiger partial charge in [0.1, 0.15) is 0 Å². The predicted molar refractivity (Wildman–Crippen MR) is 69.9 cm³/mol. The molecule has 0 bridgehead atoms. The van der Waals surface area contributed by atoms with E-state index in [0.29, 0.717) is 18.2 Å². The molecule has 1 heterocycles. The molecule has 24 heavy (non-hydrogen) atoms. The lowest BCUT2D eigenvalue weighted by Crippen LogP contribution is -2.37. The molecule has 0 radical (unpaired) electrons. The highest BCUT2D eigenvalue weighted by atomic mass is 32.2. The molecule has 0 aromatic heterocycles. The Bertz CT molecular complexity index is 651. The van der Waals surface area contributed by atoms with Gasteiger partial charge < -0.3 is 0 Å². The molecule has 1 unspecified atom stereocenters. The second-order valence-corrected chi connectivity index (χ2v) is 5.77. The number of halogens is 8. The highest BCUT2D eigenvalue weighted by Crippen LogP contribution is 2.47. The van der Waals surface area contributed by atoms with Crippen molar-refractivity contribution < 1.29 is 35.1 Å². The van der Waals surface area contributed by atoms with Crippen LogP contribution in [0.15, 0.2) is 45.6 Å². The second-order valence-electron chi connectivity index (χ2n) is 4.75. The molecule has 0 saturated heterocycles. The first kappa shape index (κ1) is 18.7. The minimum absolute atomic E-state index is 0.00411. The van der Waals surface area contributed by atoms with Gasteiger partial charge in [-0.1, -0.05) is 12.1 Å². The highest BCUT2D eigenvalue weighted by molar-refractivity contribution is 7.99. The van der Waals surface area contributed by atoms with Crippen molar-refractivity contribution in [2.24, 2.45) is 10.2 Å². The van der Waals surface area contributed by atoms with Gasteiger partial charge in [-0.25, -0.2) is 8.78 Å². The molecular formula is C13H8F8N2S. The predicted octanol–water partition coefficient (Wildman–Crippen LogP) is 6.02. The van der Waals surface area contributed by atoms with Gasteiger partial charge in [0.2, 0.25) is 5.54 Å². The zero-order valence-electron chi connectivity index (χ0n) is 11.5. The second kappa shape index (κ2) is 6.34. The molecule has 1 aliphatic rings. The summed E-state index contributed by atoms with van der Waals surface area (Å²) in [6.45, 7) is 0. The summed E-state index contributed by atoms with van der Waals surface area (Å²) in [5, 5.41) is 6.24. The molecule has 0 N–H and O–H groups in total. The van der Waals surface area contributed by atoms with Gasteiger partial charge in [-0.05, 0) is 17.7 Å². The van der Waals surface area contributed by atoms with Gasteiger partial charge in [0.15, 0.2) is 0 Å². The number of thioether (sulfide) groups is 1. The third-order valence-electron chi connectivity index (χ3n) is 3.11. The molecule has 1 atom stereocenters. The minimum Gasteiger partial charge on any atom is -0.205 e. The number of benzene rings is 1. The monoisotopic (exact) mass is 376 g/mol. The van der Waals surface area contributed by atoms with Gasteiger partial charge in [-0.15, -0.1) is 11.8 Å². The van der Waals surface area contributed by atoms with Crippen molar-refractivity contribution in [3.8, 4) is 0 Å². The van der Waals surface area contributed by atoms with Crippen LogP contribution < -0.4 is 0 Å². The zero-order chi connectivity index (χ0) is 18.2. The van der Waals surface area contributed by atoms with E-state index in [-0.39, 0.29) is 11.8 Å². The maximum absolute atomic E-state index is 13.3. The Hall–Kier alpha value is -1.65. The van der Waals surface area contributed by atoms with Crippen LogP contribution in [0.5, 0.6) is 0 Å². The Morgan fingerprint density at radius 1 is 1.08 bits per heavy atom. The molecule has 0 fully saturated rings. The topological polar surface area (TPSA) is 24.7 Å². The lowest BCUT2D eigenvalue weighted by Gasteiger charge is -2.27. The number of alkyl halides is 8. The minimum atomic E-state index is -4.93. The van der Waals surface area contributed by atoms with E-state index in [4.69, 9.17) is 0 Å². The maximum atomic E-state index is 13.3. The van der Waals surface area contributed by atoms with Crippen LogP contribution in [0.3, 0.4) is 0 Å². The molecule has 0 aliphatic carbocycles. The molecule has 1 aromatic rings. The van der Waals surface area contributed by atoms with Crippen molar-refractivity contribution in [3.05, 3.63) is 41.6 Å². The summed E-state index contributed by atoms with van der Waals surface area (Å²) in [5.74, 6) is -1.51. The lowest BCUT2D eigenvalue weighted by molar-refractivity contribution is -0.174. The van der Waals surface area contributed by atoms with Crippen LogP contribution >= 0.6 is 11.8 Å². The third kappa shape index (κ3) is 3.70. The van der Waals surface area contributed by atoms with Crippen molar-refractivity contribution in [2.45, 2.75) is 29.2 Å². The molecule has 2 nitrogen and oxygen atoms in total. The van der Waals surface area contributed by atoms with E-state index >= 15 is 0 Å². The molecule has 0 spiro atoms. The summed E-state index contributed by atoms with van der Waals surface area (Å²) in [4.78, 5) is -0.584. The average Bonchev–Trinajstić information content (AvgIpc) is 2.94. The van der Waals surface area contributed by atoms with Crippen molar-refractivity contribution in [2.75, 3.05) is 5.75 Å². The Balaban J connectivity index is 2.49. The summed E-state index contributed by atoms with van der Waals surface area (Å²) < 4.78 is 103. The van der Waals surface area contributed by atoms with Crippen LogP contribution in [0.2, 0.25) is 0 Å². The molecule has 1 aliphatic heterocycles. The SMILES string of the molecule is FC(F)c1ccc(C2(C(F)(F)F)C=CN=N2)cc1SCC(F)(F)F. The summed E-state index contributed by atoms with van der Waals surface area (Å²) in [7, 11) is 0. The van der Waals surface area contributed by atoms with Crippen molar-refractivity contribution in [1.29, 1.82) is 0 Å². The van der Waals surface area contributed by atoms with E-state index in [1.807, 2.05) is 0 Å². The summed E-state index contributed by atoms with van der Waals surface area (Å²) in [5.41, 5.74) is -4.24. The molecular weight excluding hydrogens is 368 g/mol. The Morgan fingerprint density at radius 2 is 1.75 bits per heavy atom. The van der Waals surface area contributed by atoms with Gasteiger partial charge in [0.25, 0.3) is 6.43 Å². The lowest BCUT2D eigenvalue weighted by atomic mass is 9.90. The number of hydrogen-bond acceptors (Lipinski definition) is 3. The fraction of sp³-hybridized carbons (Fsp3) is 0.385. The molecule has 1 aromatic carbocycles. The fourth-order valence-corrected chi connectivity index (χ4v) is 2.86. The Labute approximate surface area is 134 Å².